The number of piperidine rings is 1. The Kier molecular flexibility index (Phi) is 7.28. The van der Waals surface area contributed by atoms with Gasteiger partial charge in [-0.3, -0.25) is 4.99 Å². The summed E-state index contributed by atoms with van der Waals surface area (Å²) in [6, 6.07) is 12.0. The van der Waals surface area contributed by atoms with E-state index in [4.69, 9.17) is 4.52 Å². The lowest BCUT2D eigenvalue weighted by atomic mass is 9.92. The zero-order chi connectivity index (χ0) is 16.9. The van der Waals surface area contributed by atoms with Gasteiger partial charge in [-0.25, -0.2) is 0 Å². The van der Waals surface area contributed by atoms with Crippen molar-refractivity contribution in [2.24, 2.45) is 16.8 Å². The van der Waals surface area contributed by atoms with E-state index in [0.717, 1.165) is 36.1 Å². The molecule has 136 valence electrons. The van der Waals surface area contributed by atoms with E-state index in [2.05, 4.69) is 34.2 Å². The highest BCUT2D eigenvalue weighted by Gasteiger charge is 2.24. The maximum Gasteiger partial charge on any atom is 0.193 e. The van der Waals surface area contributed by atoms with Gasteiger partial charge in [0.2, 0.25) is 0 Å². The molecule has 1 aliphatic rings. The van der Waals surface area contributed by atoms with Crippen LogP contribution < -0.4 is 5.32 Å². The van der Waals surface area contributed by atoms with Crippen molar-refractivity contribution in [3.8, 4) is 11.3 Å². The van der Waals surface area contributed by atoms with Crippen molar-refractivity contribution in [1.82, 2.24) is 15.4 Å². The van der Waals surface area contributed by atoms with Crippen LogP contribution in [0.1, 0.15) is 26.0 Å². The second kappa shape index (κ2) is 9.22. The Morgan fingerprint density at radius 1 is 1.24 bits per heavy atom. The van der Waals surface area contributed by atoms with Gasteiger partial charge in [0.1, 0.15) is 5.69 Å². The van der Waals surface area contributed by atoms with Gasteiger partial charge in [-0.15, -0.1) is 24.0 Å². The Morgan fingerprint density at radius 2 is 1.92 bits per heavy atom. The lowest BCUT2D eigenvalue weighted by Gasteiger charge is -2.37. The van der Waals surface area contributed by atoms with E-state index in [1.165, 1.54) is 6.42 Å². The molecule has 1 fully saturated rings. The van der Waals surface area contributed by atoms with Gasteiger partial charge in [0.15, 0.2) is 11.7 Å². The van der Waals surface area contributed by atoms with Crippen LogP contribution in [0.15, 0.2) is 45.9 Å². The monoisotopic (exact) mass is 454 g/mol. The standard InChI is InChI=1S/C19H26N4O.HI/c1-14-9-15(2)13-23(12-14)19(20-3)21-11-17-10-18(24-22-17)16-7-5-4-6-8-16;/h4-8,10,14-15H,9,11-13H2,1-3H3,(H,20,21);1H. The number of guanidine groups is 1. The van der Waals surface area contributed by atoms with Crippen molar-refractivity contribution in [2.75, 3.05) is 20.1 Å². The number of nitrogens with one attached hydrogen (secondary N) is 1. The summed E-state index contributed by atoms with van der Waals surface area (Å²) in [4.78, 5) is 6.78. The highest BCUT2D eigenvalue weighted by molar-refractivity contribution is 14.0. The molecule has 0 radical (unpaired) electrons. The fourth-order valence-electron chi connectivity index (χ4n) is 3.47. The first kappa shape index (κ1) is 19.8. The Hall–Kier alpha value is -1.57. The van der Waals surface area contributed by atoms with Crippen LogP contribution in [-0.2, 0) is 6.54 Å². The number of aliphatic imine (C=N–C) groups is 1. The van der Waals surface area contributed by atoms with Crippen LogP contribution in [0.25, 0.3) is 11.3 Å². The molecular weight excluding hydrogens is 427 g/mol. The molecule has 1 aromatic carbocycles. The first-order chi connectivity index (χ1) is 11.7. The minimum absolute atomic E-state index is 0. The van der Waals surface area contributed by atoms with Crippen LogP contribution in [0.2, 0.25) is 0 Å². The van der Waals surface area contributed by atoms with Gasteiger partial charge < -0.3 is 14.7 Å². The van der Waals surface area contributed by atoms with Crippen LogP contribution in [0, 0.1) is 11.8 Å². The van der Waals surface area contributed by atoms with Gasteiger partial charge in [0.25, 0.3) is 0 Å². The number of hydrogen-bond acceptors (Lipinski definition) is 3. The third-order valence-corrected chi connectivity index (χ3v) is 4.43. The van der Waals surface area contributed by atoms with E-state index < -0.39 is 0 Å². The Balaban J connectivity index is 0.00000225. The molecule has 5 nitrogen and oxygen atoms in total. The summed E-state index contributed by atoms with van der Waals surface area (Å²) in [6.07, 6.45) is 1.29. The molecule has 0 spiro atoms. The molecule has 1 N–H and O–H groups in total. The van der Waals surface area contributed by atoms with Crippen LogP contribution in [0.3, 0.4) is 0 Å². The van der Waals surface area contributed by atoms with Crippen LogP contribution >= 0.6 is 24.0 Å². The van der Waals surface area contributed by atoms with E-state index in [-0.39, 0.29) is 24.0 Å². The highest BCUT2D eigenvalue weighted by Crippen LogP contribution is 2.21. The van der Waals surface area contributed by atoms with Gasteiger partial charge in [-0.1, -0.05) is 49.3 Å². The van der Waals surface area contributed by atoms with Crippen molar-refractivity contribution in [3.05, 3.63) is 42.1 Å². The summed E-state index contributed by atoms with van der Waals surface area (Å²) in [5, 5.41) is 7.58. The van der Waals surface area contributed by atoms with Crippen LogP contribution in [-0.4, -0.2) is 36.2 Å². The molecule has 25 heavy (non-hydrogen) atoms. The normalized spacial score (nSPS) is 20.9. The number of halogens is 1. The summed E-state index contributed by atoms with van der Waals surface area (Å²) in [5.41, 5.74) is 1.92. The molecule has 2 unspecified atom stereocenters. The smallest absolute Gasteiger partial charge is 0.193 e. The summed E-state index contributed by atoms with van der Waals surface area (Å²) < 4.78 is 5.45. The zero-order valence-corrected chi connectivity index (χ0v) is 17.4. The van der Waals surface area contributed by atoms with Crippen molar-refractivity contribution >= 4 is 29.9 Å². The van der Waals surface area contributed by atoms with Crippen LogP contribution in [0.4, 0.5) is 0 Å². The van der Waals surface area contributed by atoms with E-state index in [1.807, 2.05) is 43.4 Å². The SMILES string of the molecule is CN=C(NCc1cc(-c2ccccc2)on1)N1CC(C)CC(C)C1.I. The van der Waals surface area contributed by atoms with Crippen molar-refractivity contribution < 1.29 is 4.52 Å². The molecule has 3 rings (SSSR count). The molecule has 0 saturated carbocycles. The van der Waals surface area contributed by atoms with Gasteiger partial charge in [-0.2, -0.15) is 0 Å². The molecule has 0 bridgehead atoms. The average Bonchev–Trinajstić information content (AvgIpc) is 3.04. The fourth-order valence-corrected chi connectivity index (χ4v) is 3.47. The van der Waals surface area contributed by atoms with E-state index in [9.17, 15) is 0 Å². The topological polar surface area (TPSA) is 53.7 Å². The molecule has 1 aromatic heterocycles. The lowest BCUT2D eigenvalue weighted by Crippen LogP contribution is -2.48. The molecule has 6 heteroatoms. The molecule has 0 aliphatic carbocycles. The first-order valence-electron chi connectivity index (χ1n) is 8.62. The number of hydrogen-bond donors (Lipinski definition) is 1. The Labute approximate surface area is 166 Å². The van der Waals surface area contributed by atoms with Crippen molar-refractivity contribution in [3.63, 3.8) is 0 Å². The highest BCUT2D eigenvalue weighted by atomic mass is 127. The summed E-state index contributed by atoms with van der Waals surface area (Å²) in [5.74, 6) is 3.13. The molecule has 2 heterocycles. The van der Waals surface area contributed by atoms with E-state index in [1.54, 1.807) is 0 Å². The molecule has 2 aromatic rings. The first-order valence-corrected chi connectivity index (χ1v) is 8.62. The van der Waals surface area contributed by atoms with Crippen molar-refractivity contribution in [1.29, 1.82) is 0 Å². The van der Waals surface area contributed by atoms with Crippen LogP contribution in [0.5, 0.6) is 0 Å². The minimum Gasteiger partial charge on any atom is -0.356 e. The molecule has 1 saturated heterocycles. The fraction of sp³-hybridized carbons (Fsp3) is 0.474. The van der Waals surface area contributed by atoms with Gasteiger partial charge in [0.05, 0.1) is 6.54 Å². The molecule has 1 aliphatic heterocycles. The zero-order valence-electron chi connectivity index (χ0n) is 15.1. The average molecular weight is 454 g/mol. The second-order valence-corrected chi connectivity index (χ2v) is 6.80. The number of nitrogens with zero attached hydrogens (tertiary/aromatic N) is 3. The lowest BCUT2D eigenvalue weighted by molar-refractivity contribution is 0.208. The maximum atomic E-state index is 5.45. The quantitative estimate of drug-likeness (QED) is 0.433. The third kappa shape index (κ3) is 5.20. The second-order valence-electron chi connectivity index (χ2n) is 6.80. The summed E-state index contributed by atoms with van der Waals surface area (Å²) in [6.45, 7) is 7.33. The van der Waals surface area contributed by atoms with Gasteiger partial charge >= 0.3 is 0 Å². The number of benzene rings is 1. The predicted octanol–water partition coefficient (Wildman–Crippen LogP) is 4.01. The van der Waals surface area contributed by atoms with Gasteiger partial charge in [0, 0.05) is 31.8 Å². The maximum absolute atomic E-state index is 5.45. The summed E-state index contributed by atoms with van der Waals surface area (Å²) in [7, 11) is 1.84. The Morgan fingerprint density at radius 3 is 2.56 bits per heavy atom. The Bertz CT molecular complexity index is 676. The van der Waals surface area contributed by atoms with Gasteiger partial charge in [-0.05, 0) is 18.3 Å². The number of likely N-dealkylation sites (tertiary alicyclic amines) is 1. The van der Waals surface area contributed by atoms with Crippen molar-refractivity contribution in [2.45, 2.75) is 26.8 Å². The third-order valence-electron chi connectivity index (χ3n) is 4.43. The minimum atomic E-state index is 0. The number of rotatable bonds is 3. The van der Waals surface area contributed by atoms with E-state index >= 15 is 0 Å². The summed E-state index contributed by atoms with van der Waals surface area (Å²) >= 11 is 0. The predicted molar refractivity (Wildman–Crippen MR) is 112 cm³/mol. The molecule has 2 atom stereocenters. The molecule has 0 amide bonds. The largest absolute Gasteiger partial charge is 0.356 e. The number of aromatic nitrogens is 1. The molecular formula is C19H27IN4O. The van der Waals surface area contributed by atoms with E-state index in [0.29, 0.717) is 18.4 Å².